The van der Waals surface area contributed by atoms with Crippen LogP contribution in [0.4, 0.5) is 11.4 Å². The highest BCUT2D eigenvalue weighted by atomic mass is 35.5. The van der Waals surface area contributed by atoms with Crippen molar-refractivity contribution in [1.82, 2.24) is 0 Å². The quantitative estimate of drug-likeness (QED) is 0.879. The van der Waals surface area contributed by atoms with Gasteiger partial charge in [0.1, 0.15) is 0 Å². The number of carbonyl (C=O) groups excluding carboxylic acids is 1. The highest BCUT2D eigenvalue weighted by molar-refractivity contribution is 6.30. The number of hydrogen-bond acceptors (Lipinski definition) is 2. The molecule has 1 amide bonds. The first kappa shape index (κ1) is 14.4. The SMILES string of the molecule is CCNc1ccc(C(=O)Nc2cccc(Cl)c2)cc1C. The second-order valence-corrected chi connectivity index (χ2v) is 4.96. The van der Waals surface area contributed by atoms with E-state index < -0.39 is 0 Å². The average molecular weight is 289 g/mol. The molecule has 2 aromatic rings. The molecule has 20 heavy (non-hydrogen) atoms. The van der Waals surface area contributed by atoms with Crippen molar-refractivity contribution in [3.63, 3.8) is 0 Å². The lowest BCUT2D eigenvalue weighted by Crippen LogP contribution is -2.12. The Morgan fingerprint density at radius 3 is 2.65 bits per heavy atom. The molecule has 2 N–H and O–H groups in total. The van der Waals surface area contributed by atoms with Crippen molar-refractivity contribution in [2.24, 2.45) is 0 Å². The van der Waals surface area contributed by atoms with Crippen molar-refractivity contribution in [2.75, 3.05) is 17.2 Å². The molecule has 3 nitrogen and oxygen atoms in total. The van der Waals surface area contributed by atoms with Crippen molar-refractivity contribution in [1.29, 1.82) is 0 Å². The van der Waals surface area contributed by atoms with Crippen molar-refractivity contribution >= 4 is 28.9 Å². The summed E-state index contributed by atoms with van der Waals surface area (Å²) in [4.78, 5) is 12.2. The lowest BCUT2D eigenvalue weighted by Gasteiger charge is -2.10. The van der Waals surface area contributed by atoms with E-state index >= 15 is 0 Å². The summed E-state index contributed by atoms with van der Waals surface area (Å²) in [6.07, 6.45) is 0. The maximum Gasteiger partial charge on any atom is 0.255 e. The standard InChI is InChI=1S/C16H17ClN2O/c1-3-18-15-8-7-12(9-11(15)2)16(20)19-14-6-4-5-13(17)10-14/h4-10,18H,3H2,1-2H3,(H,19,20). The molecule has 0 aromatic heterocycles. The Bertz CT molecular complexity index is 626. The molecule has 0 unspecified atom stereocenters. The third-order valence-electron chi connectivity index (χ3n) is 2.94. The van der Waals surface area contributed by atoms with Gasteiger partial charge in [0.25, 0.3) is 5.91 Å². The van der Waals surface area contributed by atoms with Gasteiger partial charge in [-0.25, -0.2) is 0 Å². The average Bonchev–Trinajstić information content (AvgIpc) is 2.41. The number of carbonyl (C=O) groups is 1. The summed E-state index contributed by atoms with van der Waals surface area (Å²) >= 11 is 5.90. The highest BCUT2D eigenvalue weighted by Crippen LogP contribution is 2.19. The van der Waals surface area contributed by atoms with Gasteiger partial charge in [-0.1, -0.05) is 17.7 Å². The highest BCUT2D eigenvalue weighted by Gasteiger charge is 2.08. The van der Waals surface area contributed by atoms with E-state index in [9.17, 15) is 4.79 Å². The number of hydrogen-bond donors (Lipinski definition) is 2. The Kier molecular flexibility index (Phi) is 4.64. The lowest BCUT2D eigenvalue weighted by atomic mass is 10.1. The Labute approximate surface area is 124 Å². The van der Waals surface area contributed by atoms with Crippen LogP contribution in [0.25, 0.3) is 0 Å². The summed E-state index contributed by atoms with van der Waals surface area (Å²) in [5.41, 5.74) is 3.41. The van der Waals surface area contributed by atoms with E-state index in [0.717, 1.165) is 17.8 Å². The number of rotatable bonds is 4. The monoisotopic (exact) mass is 288 g/mol. The first-order chi connectivity index (χ1) is 9.60. The van der Waals surface area contributed by atoms with E-state index in [4.69, 9.17) is 11.6 Å². The van der Waals surface area contributed by atoms with Gasteiger partial charge in [-0.3, -0.25) is 4.79 Å². The predicted octanol–water partition coefficient (Wildman–Crippen LogP) is 4.33. The number of halogens is 1. The normalized spacial score (nSPS) is 10.2. The van der Waals surface area contributed by atoms with E-state index in [1.807, 2.05) is 38.1 Å². The molecule has 0 saturated carbocycles. The van der Waals surface area contributed by atoms with Gasteiger partial charge in [0, 0.05) is 28.5 Å². The second kappa shape index (κ2) is 6.44. The Morgan fingerprint density at radius 1 is 1.20 bits per heavy atom. The summed E-state index contributed by atoms with van der Waals surface area (Å²) in [5, 5.41) is 6.68. The minimum Gasteiger partial charge on any atom is -0.385 e. The van der Waals surface area contributed by atoms with Crippen LogP contribution in [0, 0.1) is 6.92 Å². The Balaban J connectivity index is 2.15. The zero-order chi connectivity index (χ0) is 14.5. The molecule has 2 rings (SSSR count). The van der Waals surface area contributed by atoms with Crippen LogP contribution in [-0.2, 0) is 0 Å². The molecular formula is C16H17ClN2O. The van der Waals surface area contributed by atoms with Crippen LogP contribution in [0.5, 0.6) is 0 Å². The van der Waals surface area contributed by atoms with Gasteiger partial charge < -0.3 is 10.6 Å². The van der Waals surface area contributed by atoms with Crippen molar-refractivity contribution in [2.45, 2.75) is 13.8 Å². The molecule has 0 bridgehead atoms. The van der Waals surface area contributed by atoms with Crippen LogP contribution < -0.4 is 10.6 Å². The molecule has 2 aromatic carbocycles. The Hall–Kier alpha value is -2.00. The molecule has 0 aliphatic carbocycles. The fourth-order valence-corrected chi connectivity index (χ4v) is 2.15. The van der Waals surface area contributed by atoms with Gasteiger partial charge in [-0.15, -0.1) is 0 Å². The van der Waals surface area contributed by atoms with Crippen LogP contribution in [0.3, 0.4) is 0 Å². The number of anilines is 2. The van der Waals surface area contributed by atoms with Gasteiger partial charge in [0.15, 0.2) is 0 Å². The topological polar surface area (TPSA) is 41.1 Å². The summed E-state index contributed by atoms with van der Waals surface area (Å²) < 4.78 is 0. The zero-order valence-corrected chi connectivity index (χ0v) is 12.3. The van der Waals surface area contributed by atoms with Gasteiger partial charge >= 0.3 is 0 Å². The van der Waals surface area contributed by atoms with Gasteiger partial charge in [-0.05, 0) is 55.8 Å². The second-order valence-electron chi connectivity index (χ2n) is 4.52. The lowest BCUT2D eigenvalue weighted by molar-refractivity contribution is 0.102. The number of aryl methyl sites for hydroxylation is 1. The molecule has 0 atom stereocenters. The van der Waals surface area contributed by atoms with Crippen molar-refractivity contribution < 1.29 is 4.79 Å². The third kappa shape index (κ3) is 3.52. The van der Waals surface area contributed by atoms with Gasteiger partial charge in [0.05, 0.1) is 0 Å². The molecule has 0 aliphatic heterocycles. The van der Waals surface area contributed by atoms with E-state index in [2.05, 4.69) is 10.6 Å². The fraction of sp³-hybridized carbons (Fsp3) is 0.188. The Morgan fingerprint density at radius 2 is 2.00 bits per heavy atom. The molecule has 0 fully saturated rings. The molecule has 104 valence electrons. The summed E-state index contributed by atoms with van der Waals surface area (Å²) in [5.74, 6) is -0.140. The minimum absolute atomic E-state index is 0.140. The van der Waals surface area contributed by atoms with Crippen LogP contribution in [0.15, 0.2) is 42.5 Å². The summed E-state index contributed by atoms with van der Waals surface area (Å²) in [6.45, 7) is 4.88. The number of benzene rings is 2. The van der Waals surface area contributed by atoms with E-state index in [0.29, 0.717) is 16.3 Å². The molecule has 4 heteroatoms. The zero-order valence-electron chi connectivity index (χ0n) is 11.5. The van der Waals surface area contributed by atoms with Crippen LogP contribution in [0.2, 0.25) is 5.02 Å². The van der Waals surface area contributed by atoms with Crippen LogP contribution in [0.1, 0.15) is 22.8 Å². The summed E-state index contributed by atoms with van der Waals surface area (Å²) in [6, 6.07) is 12.7. The predicted molar refractivity (Wildman–Crippen MR) is 84.7 cm³/mol. The molecular weight excluding hydrogens is 272 g/mol. The molecule has 0 heterocycles. The van der Waals surface area contributed by atoms with E-state index in [1.54, 1.807) is 18.2 Å². The van der Waals surface area contributed by atoms with Crippen molar-refractivity contribution in [3.8, 4) is 0 Å². The number of nitrogens with one attached hydrogen (secondary N) is 2. The largest absolute Gasteiger partial charge is 0.385 e. The first-order valence-corrected chi connectivity index (χ1v) is 6.89. The van der Waals surface area contributed by atoms with Gasteiger partial charge in [0.2, 0.25) is 0 Å². The summed E-state index contributed by atoms with van der Waals surface area (Å²) in [7, 11) is 0. The maximum atomic E-state index is 12.2. The number of amides is 1. The molecule has 0 spiro atoms. The van der Waals surface area contributed by atoms with Gasteiger partial charge in [-0.2, -0.15) is 0 Å². The minimum atomic E-state index is -0.140. The maximum absolute atomic E-state index is 12.2. The fourth-order valence-electron chi connectivity index (χ4n) is 1.96. The molecule has 0 saturated heterocycles. The molecule has 0 aliphatic rings. The third-order valence-corrected chi connectivity index (χ3v) is 3.17. The first-order valence-electron chi connectivity index (χ1n) is 6.51. The van der Waals surface area contributed by atoms with Crippen molar-refractivity contribution in [3.05, 3.63) is 58.6 Å². The van der Waals surface area contributed by atoms with E-state index in [1.165, 1.54) is 0 Å². The van der Waals surface area contributed by atoms with E-state index in [-0.39, 0.29) is 5.91 Å². The van der Waals surface area contributed by atoms with Crippen LogP contribution >= 0.6 is 11.6 Å². The molecule has 0 radical (unpaired) electrons. The smallest absolute Gasteiger partial charge is 0.255 e. The van der Waals surface area contributed by atoms with Crippen LogP contribution in [-0.4, -0.2) is 12.5 Å².